The van der Waals surface area contributed by atoms with Crippen molar-refractivity contribution in [3.63, 3.8) is 0 Å². The van der Waals surface area contributed by atoms with Gasteiger partial charge < -0.3 is 19.1 Å². The highest BCUT2D eigenvalue weighted by atomic mass is 35.5. The van der Waals surface area contributed by atoms with Crippen molar-refractivity contribution in [2.24, 2.45) is 5.11 Å². The molecule has 1 aliphatic rings. The Kier molecular flexibility index (Phi) is 8.86. The van der Waals surface area contributed by atoms with E-state index in [1.165, 1.54) is 0 Å². The largest absolute Gasteiger partial charge is 0.444 e. The van der Waals surface area contributed by atoms with Crippen LogP contribution in [0.15, 0.2) is 23.3 Å². The summed E-state index contributed by atoms with van der Waals surface area (Å²) in [5, 5.41) is 4.34. The first-order valence-corrected chi connectivity index (χ1v) is 10.1. The number of carbonyl (C=O) groups is 1. The number of halogens is 2. The number of rotatable bonds is 6. The Balaban J connectivity index is 2.19. The van der Waals surface area contributed by atoms with E-state index >= 15 is 0 Å². The average molecular weight is 445 g/mol. The number of hydrogen-bond donors (Lipinski definition) is 0. The molecule has 0 unspecified atom stereocenters. The molecule has 1 fully saturated rings. The van der Waals surface area contributed by atoms with Gasteiger partial charge in [0.25, 0.3) is 0 Å². The quantitative estimate of drug-likeness (QED) is 0.265. The van der Waals surface area contributed by atoms with Crippen LogP contribution in [-0.4, -0.2) is 62.2 Å². The average Bonchev–Trinajstić information content (AvgIpc) is 2.85. The number of nitrogens with zero attached hydrogens (tertiary/aromatic N) is 4. The van der Waals surface area contributed by atoms with E-state index in [4.69, 9.17) is 42.9 Å². The Bertz CT molecular complexity index is 750. The van der Waals surface area contributed by atoms with Gasteiger partial charge in [-0.05, 0) is 44.0 Å². The first kappa shape index (κ1) is 23.6. The van der Waals surface area contributed by atoms with E-state index in [1.54, 1.807) is 17.0 Å². The summed E-state index contributed by atoms with van der Waals surface area (Å²) in [6.45, 7) is 7.44. The van der Waals surface area contributed by atoms with E-state index in [-0.39, 0.29) is 31.8 Å². The van der Waals surface area contributed by atoms with Gasteiger partial charge in [0.05, 0.1) is 36.0 Å². The van der Waals surface area contributed by atoms with Crippen LogP contribution in [0.3, 0.4) is 0 Å². The summed E-state index contributed by atoms with van der Waals surface area (Å²) in [6, 6.07) is 5.37. The van der Waals surface area contributed by atoms with E-state index in [9.17, 15) is 4.79 Å². The first-order chi connectivity index (χ1) is 13.7. The molecular formula is C19H26Cl2N4O4. The maximum absolute atomic E-state index is 12.6. The number of ether oxygens (including phenoxy) is 3. The van der Waals surface area contributed by atoms with Crippen molar-refractivity contribution < 1.29 is 19.0 Å². The minimum absolute atomic E-state index is 0.195. The standard InChI is InChI=1S/C19H26Cl2N4O4/c1-19(2,3)29-18(26)25-7-9-28-17(12-27-8-6-23-24-22)14(11-25)13-4-5-15(20)16(21)10-13/h4-5,10,14,17H,6-9,11-12H2,1-3H3/t14-,17-/m0/s1. The van der Waals surface area contributed by atoms with Crippen molar-refractivity contribution in [3.05, 3.63) is 44.3 Å². The molecule has 8 nitrogen and oxygen atoms in total. The Morgan fingerprint density at radius 1 is 1.38 bits per heavy atom. The molecule has 0 spiro atoms. The zero-order chi connectivity index (χ0) is 21.4. The molecule has 29 heavy (non-hydrogen) atoms. The molecule has 0 bridgehead atoms. The van der Waals surface area contributed by atoms with Gasteiger partial charge in [-0.1, -0.05) is 34.4 Å². The molecule has 1 aliphatic heterocycles. The molecule has 0 saturated carbocycles. The second kappa shape index (κ2) is 10.9. The Morgan fingerprint density at radius 3 is 2.79 bits per heavy atom. The summed E-state index contributed by atoms with van der Waals surface area (Å²) in [4.78, 5) is 17.0. The van der Waals surface area contributed by atoms with Crippen molar-refractivity contribution in [1.82, 2.24) is 4.90 Å². The number of hydrogen-bond acceptors (Lipinski definition) is 5. The fourth-order valence-electron chi connectivity index (χ4n) is 2.95. The van der Waals surface area contributed by atoms with E-state index in [0.29, 0.717) is 29.7 Å². The van der Waals surface area contributed by atoms with Gasteiger partial charge in [-0.25, -0.2) is 4.79 Å². The normalized spacial score (nSPS) is 20.0. The lowest BCUT2D eigenvalue weighted by Gasteiger charge is -2.30. The topological polar surface area (TPSA) is 96.8 Å². The van der Waals surface area contributed by atoms with Crippen LogP contribution in [-0.2, 0) is 14.2 Å². The van der Waals surface area contributed by atoms with Gasteiger partial charge >= 0.3 is 6.09 Å². The Hall–Kier alpha value is -1.70. The van der Waals surface area contributed by atoms with Crippen molar-refractivity contribution in [2.75, 3.05) is 39.5 Å². The highest BCUT2D eigenvalue weighted by Gasteiger charge is 2.33. The molecule has 10 heteroatoms. The summed E-state index contributed by atoms with van der Waals surface area (Å²) in [5.41, 5.74) is 8.66. The van der Waals surface area contributed by atoms with Crippen LogP contribution in [0.2, 0.25) is 10.0 Å². The molecule has 160 valence electrons. The molecule has 0 aliphatic carbocycles. The number of azide groups is 1. The third-order valence-electron chi connectivity index (χ3n) is 4.26. The fourth-order valence-corrected chi connectivity index (χ4v) is 3.25. The summed E-state index contributed by atoms with van der Waals surface area (Å²) >= 11 is 12.3. The highest BCUT2D eigenvalue weighted by Crippen LogP contribution is 2.31. The van der Waals surface area contributed by atoms with Crippen molar-refractivity contribution in [1.29, 1.82) is 0 Å². The van der Waals surface area contributed by atoms with Crippen LogP contribution in [0.25, 0.3) is 10.4 Å². The Labute approximate surface area is 180 Å². The summed E-state index contributed by atoms with van der Waals surface area (Å²) in [6.07, 6.45) is -0.707. The lowest BCUT2D eigenvalue weighted by Crippen LogP contribution is -2.40. The second-order valence-electron chi connectivity index (χ2n) is 7.65. The Morgan fingerprint density at radius 2 is 2.14 bits per heavy atom. The fraction of sp³-hybridized carbons (Fsp3) is 0.632. The number of carbonyl (C=O) groups excluding carboxylic acids is 1. The van der Waals surface area contributed by atoms with Gasteiger partial charge in [-0.2, -0.15) is 0 Å². The van der Waals surface area contributed by atoms with Crippen LogP contribution in [0.1, 0.15) is 32.3 Å². The molecule has 1 heterocycles. The molecule has 1 aromatic carbocycles. The van der Waals surface area contributed by atoms with Crippen LogP contribution < -0.4 is 0 Å². The summed E-state index contributed by atoms with van der Waals surface area (Å²) in [7, 11) is 0. The van der Waals surface area contributed by atoms with Crippen molar-refractivity contribution >= 4 is 29.3 Å². The molecule has 1 amide bonds. The van der Waals surface area contributed by atoms with Gasteiger partial charge in [-0.3, -0.25) is 0 Å². The second-order valence-corrected chi connectivity index (χ2v) is 8.46. The van der Waals surface area contributed by atoms with E-state index in [2.05, 4.69) is 10.0 Å². The minimum Gasteiger partial charge on any atom is -0.444 e. The zero-order valence-corrected chi connectivity index (χ0v) is 18.3. The van der Waals surface area contributed by atoms with Crippen LogP contribution in [0, 0.1) is 0 Å². The monoisotopic (exact) mass is 444 g/mol. The molecule has 0 N–H and O–H groups in total. The highest BCUT2D eigenvalue weighted by molar-refractivity contribution is 6.42. The molecule has 1 aromatic rings. The van der Waals surface area contributed by atoms with Crippen LogP contribution in [0.4, 0.5) is 4.79 Å². The van der Waals surface area contributed by atoms with Crippen LogP contribution >= 0.6 is 23.2 Å². The minimum atomic E-state index is -0.590. The molecule has 0 radical (unpaired) electrons. The SMILES string of the molecule is CC(C)(C)OC(=O)N1CCO[C@@H](COCCN=[N+]=[N-])[C@H](c2ccc(Cl)c(Cl)c2)C1. The van der Waals surface area contributed by atoms with Gasteiger partial charge in [0.2, 0.25) is 0 Å². The maximum atomic E-state index is 12.6. The van der Waals surface area contributed by atoms with Gasteiger partial charge in [0, 0.05) is 30.5 Å². The lowest BCUT2D eigenvalue weighted by molar-refractivity contribution is -0.0176. The predicted octanol–water partition coefficient (Wildman–Crippen LogP) is 5.04. The van der Waals surface area contributed by atoms with Gasteiger partial charge in [0.15, 0.2) is 0 Å². The van der Waals surface area contributed by atoms with Crippen molar-refractivity contribution in [3.8, 4) is 0 Å². The molecular weight excluding hydrogens is 419 g/mol. The summed E-state index contributed by atoms with van der Waals surface area (Å²) < 4.78 is 17.2. The van der Waals surface area contributed by atoms with Gasteiger partial charge in [0.1, 0.15) is 5.60 Å². The first-order valence-electron chi connectivity index (χ1n) is 9.34. The summed E-state index contributed by atoms with van der Waals surface area (Å²) in [5.74, 6) is -0.195. The van der Waals surface area contributed by atoms with Gasteiger partial charge in [-0.15, -0.1) is 0 Å². The number of benzene rings is 1. The predicted molar refractivity (Wildman–Crippen MR) is 112 cm³/mol. The van der Waals surface area contributed by atoms with Crippen LogP contribution in [0.5, 0.6) is 0 Å². The molecule has 2 rings (SSSR count). The lowest BCUT2D eigenvalue weighted by atomic mass is 9.93. The van der Waals surface area contributed by atoms with E-state index in [1.807, 2.05) is 26.8 Å². The maximum Gasteiger partial charge on any atom is 0.410 e. The van der Waals surface area contributed by atoms with E-state index < -0.39 is 11.7 Å². The third-order valence-corrected chi connectivity index (χ3v) is 5.00. The molecule has 2 atom stereocenters. The molecule has 1 saturated heterocycles. The number of amides is 1. The van der Waals surface area contributed by atoms with Crippen molar-refractivity contribution in [2.45, 2.75) is 38.4 Å². The zero-order valence-electron chi connectivity index (χ0n) is 16.8. The smallest absolute Gasteiger partial charge is 0.410 e. The van der Waals surface area contributed by atoms with E-state index in [0.717, 1.165) is 5.56 Å². The molecule has 0 aromatic heterocycles. The third kappa shape index (κ3) is 7.57.